The Morgan fingerprint density at radius 1 is 1.32 bits per heavy atom. The summed E-state index contributed by atoms with van der Waals surface area (Å²) in [5, 5.41) is 0.687. The van der Waals surface area contributed by atoms with E-state index in [0.717, 1.165) is 5.56 Å². The number of ether oxygens (including phenoxy) is 1. The molecule has 0 aliphatic heterocycles. The van der Waals surface area contributed by atoms with Crippen LogP contribution in [0.4, 0.5) is 0 Å². The number of nitrogens with one attached hydrogen (secondary N) is 1. The first-order valence-corrected chi connectivity index (χ1v) is 5.97. The molecule has 0 saturated heterocycles. The minimum absolute atomic E-state index is 0.278. The quantitative estimate of drug-likeness (QED) is 0.500. The van der Waals surface area contributed by atoms with E-state index in [2.05, 4.69) is 0 Å². The predicted molar refractivity (Wildman–Crippen MR) is 70.3 cm³/mol. The van der Waals surface area contributed by atoms with Gasteiger partial charge in [0.15, 0.2) is 0 Å². The van der Waals surface area contributed by atoms with Crippen LogP contribution in [0.1, 0.15) is 21.7 Å². The molecular weight excluding hydrogens is 268 g/mol. The second kappa shape index (κ2) is 6.38. The van der Waals surface area contributed by atoms with Crippen molar-refractivity contribution in [1.29, 1.82) is 0 Å². The van der Waals surface area contributed by atoms with E-state index in [1.54, 1.807) is 18.2 Å². The molecule has 1 amide bonds. The van der Waals surface area contributed by atoms with Gasteiger partial charge in [0.1, 0.15) is 18.6 Å². The van der Waals surface area contributed by atoms with Gasteiger partial charge < -0.3 is 9.15 Å². The van der Waals surface area contributed by atoms with E-state index < -0.39 is 5.91 Å². The molecule has 0 fully saturated rings. The average Bonchev–Trinajstić information content (AvgIpc) is 2.89. The number of hydrogen-bond donors (Lipinski definition) is 2. The van der Waals surface area contributed by atoms with Gasteiger partial charge >= 0.3 is 0 Å². The molecule has 6 heteroatoms. The molecule has 0 saturated carbocycles. The van der Waals surface area contributed by atoms with Crippen molar-refractivity contribution in [3.63, 3.8) is 0 Å². The Labute approximate surface area is 115 Å². The van der Waals surface area contributed by atoms with Crippen LogP contribution < -0.4 is 11.3 Å². The third-order valence-corrected chi connectivity index (χ3v) is 2.73. The van der Waals surface area contributed by atoms with Gasteiger partial charge in [-0.25, -0.2) is 5.84 Å². The minimum atomic E-state index is -0.396. The molecule has 2 rings (SSSR count). The number of furan rings is 1. The molecule has 0 bridgehead atoms. The molecule has 1 aromatic carbocycles. The van der Waals surface area contributed by atoms with Crippen molar-refractivity contribution < 1.29 is 13.9 Å². The maximum absolute atomic E-state index is 11.2. The first kappa shape index (κ1) is 13.6. The molecule has 0 aliphatic rings. The van der Waals surface area contributed by atoms with Gasteiger partial charge in [0.2, 0.25) is 0 Å². The van der Waals surface area contributed by atoms with Crippen LogP contribution in [0.5, 0.6) is 0 Å². The normalized spacial score (nSPS) is 10.4. The topological polar surface area (TPSA) is 77.5 Å². The number of carbonyl (C=O) groups excluding carboxylic acids is 1. The highest BCUT2D eigenvalue weighted by atomic mass is 35.5. The number of halogens is 1. The predicted octanol–water partition coefficient (Wildman–Crippen LogP) is 2.25. The van der Waals surface area contributed by atoms with E-state index in [1.807, 2.05) is 17.6 Å². The first-order valence-electron chi connectivity index (χ1n) is 5.59. The number of benzene rings is 1. The lowest BCUT2D eigenvalue weighted by Gasteiger charge is -2.02. The zero-order valence-corrected chi connectivity index (χ0v) is 10.8. The van der Waals surface area contributed by atoms with E-state index in [-0.39, 0.29) is 6.61 Å². The van der Waals surface area contributed by atoms with Crippen molar-refractivity contribution in [2.24, 2.45) is 5.84 Å². The SMILES string of the molecule is NNC(=O)c1coc(COCc2ccc(Cl)cc2)c1. The van der Waals surface area contributed by atoms with Crippen LogP contribution in [0.2, 0.25) is 5.02 Å². The second-order valence-corrected chi connectivity index (χ2v) is 4.33. The molecule has 1 heterocycles. The Kier molecular flexibility index (Phi) is 4.57. The maximum atomic E-state index is 11.2. The zero-order valence-electron chi connectivity index (χ0n) is 10.1. The smallest absolute Gasteiger partial charge is 0.268 e. The van der Waals surface area contributed by atoms with Crippen molar-refractivity contribution in [1.82, 2.24) is 5.43 Å². The highest BCUT2D eigenvalue weighted by Gasteiger charge is 2.08. The maximum Gasteiger partial charge on any atom is 0.268 e. The van der Waals surface area contributed by atoms with Gasteiger partial charge in [0.05, 0.1) is 12.2 Å². The lowest BCUT2D eigenvalue weighted by molar-refractivity contribution is 0.0929. The van der Waals surface area contributed by atoms with Crippen LogP contribution >= 0.6 is 11.6 Å². The third-order valence-electron chi connectivity index (χ3n) is 2.47. The van der Waals surface area contributed by atoms with Crippen LogP contribution in [-0.4, -0.2) is 5.91 Å². The van der Waals surface area contributed by atoms with Gasteiger partial charge in [-0.3, -0.25) is 10.2 Å². The minimum Gasteiger partial charge on any atom is -0.466 e. The fourth-order valence-corrected chi connectivity index (χ4v) is 1.63. The Morgan fingerprint density at radius 2 is 2.05 bits per heavy atom. The largest absolute Gasteiger partial charge is 0.466 e. The summed E-state index contributed by atoms with van der Waals surface area (Å²) in [4.78, 5) is 11.2. The molecular formula is C13H13ClN2O3. The van der Waals surface area contributed by atoms with E-state index >= 15 is 0 Å². The number of amides is 1. The molecule has 1 aromatic heterocycles. The molecule has 0 atom stereocenters. The fourth-order valence-electron chi connectivity index (χ4n) is 1.51. The van der Waals surface area contributed by atoms with Crippen molar-refractivity contribution in [2.75, 3.05) is 0 Å². The van der Waals surface area contributed by atoms with Gasteiger partial charge in [-0.15, -0.1) is 0 Å². The molecule has 19 heavy (non-hydrogen) atoms. The Hall–Kier alpha value is -1.82. The Balaban J connectivity index is 1.84. The Bertz CT molecular complexity index is 551. The van der Waals surface area contributed by atoms with E-state index in [9.17, 15) is 4.79 Å². The summed E-state index contributed by atoms with van der Waals surface area (Å²) in [5.41, 5.74) is 3.41. The monoisotopic (exact) mass is 280 g/mol. The highest BCUT2D eigenvalue weighted by Crippen LogP contribution is 2.12. The third kappa shape index (κ3) is 3.82. The highest BCUT2D eigenvalue weighted by molar-refractivity contribution is 6.30. The summed E-state index contributed by atoms with van der Waals surface area (Å²) in [6.45, 7) is 0.719. The van der Waals surface area contributed by atoms with E-state index in [1.165, 1.54) is 6.26 Å². The van der Waals surface area contributed by atoms with Gasteiger partial charge in [-0.2, -0.15) is 0 Å². The molecule has 100 valence electrons. The number of hydrazine groups is 1. The summed E-state index contributed by atoms with van der Waals surface area (Å²) in [7, 11) is 0. The van der Waals surface area contributed by atoms with Gasteiger partial charge in [-0.05, 0) is 23.8 Å². The van der Waals surface area contributed by atoms with Gasteiger partial charge in [0, 0.05) is 5.02 Å². The number of rotatable bonds is 5. The standard InChI is InChI=1S/C13H13ClN2O3/c14-11-3-1-9(2-4-11)6-18-8-12-5-10(7-19-12)13(17)16-15/h1-5,7H,6,8,15H2,(H,16,17). The molecule has 0 radical (unpaired) electrons. The second-order valence-electron chi connectivity index (χ2n) is 3.89. The molecule has 3 N–H and O–H groups in total. The van der Waals surface area contributed by atoms with Gasteiger partial charge in [0.25, 0.3) is 5.91 Å². The number of nitrogens with two attached hydrogens (primary N) is 1. The number of nitrogen functional groups attached to an aromatic ring is 1. The molecule has 0 aliphatic carbocycles. The fraction of sp³-hybridized carbons (Fsp3) is 0.154. The van der Waals surface area contributed by atoms with Crippen molar-refractivity contribution in [3.8, 4) is 0 Å². The molecule has 2 aromatic rings. The lowest BCUT2D eigenvalue weighted by Crippen LogP contribution is -2.29. The van der Waals surface area contributed by atoms with E-state index in [4.69, 9.17) is 26.6 Å². The van der Waals surface area contributed by atoms with Crippen LogP contribution in [0.15, 0.2) is 41.0 Å². The molecule has 0 unspecified atom stereocenters. The first-order chi connectivity index (χ1) is 9.19. The number of carbonyl (C=O) groups is 1. The zero-order chi connectivity index (χ0) is 13.7. The van der Waals surface area contributed by atoms with Crippen LogP contribution in [0.25, 0.3) is 0 Å². The lowest BCUT2D eigenvalue weighted by atomic mass is 10.2. The average molecular weight is 281 g/mol. The molecule has 5 nitrogen and oxygen atoms in total. The summed E-state index contributed by atoms with van der Waals surface area (Å²) in [6.07, 6.45) is 1.34. The number of hydrogen-bond acceptors (Lipinski definition) is 4. The molecule has 0 spiro atoms. The van der Waals surface area contributed by atoms with E-state index in [0.29, 0.717) is 23.0 Å². The summed E-state index contributed by atoms with van der Waals surface area (Å²) in [5.74, 6) is 5.19. The Morgan fingerprint density at radius 3 is 2.74 bits per heavy atom. The van der Waals surface area contributed by atoms with Crippen molar-refractivity contribution in [2.45, 2.75) is 13.2 Å². The summed E-state index contributed by atoms with van der Waals surface area (Å²) in [6, 6.07) is 8.97. The van der Waals surface area contributed by atoms with Gasteiger partial charge in [-0.1, -0.05) is 23.7 Å². The van der Waals surface area contributed by atoms with Crippen LogP contribution in [0, 0.1) is 0 Å². The summed E-state index contributed by atoms with van der Waals surface area (Å²) < 4.78 is 10.7. The summed E-state index contributed by atoms with van der Waals surface area (Å²) >= 11 is 5.78. The van der Waals surface area contributed by atoms with Crippen molar-refractivity contribution in [3.05, 3.63) is 58.5 Å². The van der Waals surface area contributed by atoms with Crippen LogP contribution in [0.3, 0.4) is 0 Å². The van der Waals surface area contributed by atoms with Crippen LogP contribution in [-0.2, 0) is 18.0 Å². The van der Waals surface area contributed by atoms with Crippen molar-refractivity contribution >= 4 is 17.5 Å².